The number of anilines is 2. The maximum atomic E-state index is 13.4. The van der Waals surface area contributed by atoms with Crippen molar-refractivity contribution in [1.82, 2.24) is 15.3 Å². The number of aromatic nitrogens is 2. The van der Waals surface area contributed by atoms with E-state index in [-0.39, 0.29) is 11.9 Å². The first-order valence-corrected chi connectivity index (χ1v) is 13.3. The van der Waals surface area contributed by atoms with Crippen LogP contribution in [0.25, 0.3) is 10.8 Å². The molecule has 0 bridgehead atoms. The Bertz CT molecular complexity index is 1230. The molecule has 3 aromatic rings. The van der Waals surface area contributed by atoms with Gasteiger partial charge in [0.2, 0.25) is 5.95 Å². The maximum absolute atomic E-state index is 13.4. The molecule has 0 aliphatic heterocycles. The van der Waals surface area contributed by atoms with Crippen molar-refractivity contribution in [3.05, 3.63) is 53.2 Å². The third-order valence-corrected chi connectivity index (χ3v) is 7.40. The van der Waals surface area contributed by atoms with Crippen molar-refractivity contribution in [3.63, 3.8) is 0 Å². The highest BCUT2D eigenvalue weighted by atomic mass is 16.5. The predicted molar refractivity (Wildman–Crippen MR) is 145 cm³/mol. The second kappa shape index (κ2) is 10.7. The molecule has 0 atom stereocenters. The predicted octanol–water partition coefficient (Wildman–Crippen LogP) is 5.13. The fraction of sp³-hybridized carbons (Fsp3) is 0.483. The molecule has 0 radical (unpaired) electrons. The molecule has 2 aliphatic rings. The highest BCUT2D eigenvalue weighted by Crippen LogP contribution is 2.31. The smallest absolute Gasteiger partial charge is 0.255 e. The normalized spacial score (nSPS) is 19.4. The highest BCUT2D eigenvalue weighted by Gasteiger charge is 2.26. The van der Waals surface area contributed by atoms with Gasteiger partial charge in [-0.15, -0.1) is 0 Å². The van der Waals surface area contributed by atoms with Crippen LogP contribution >= 0.6 is 0 Å². The number of hydrogen-bond acceptors (Lipinski definition) is 6. The maximum Gasteiger partial charge on any atom is 0.255 e. The van der Waals surface area contributed by atoms with E-state index in [0.29, 0.717) is 24.0 Å². The Morgan fingerprint density at radius 1 is 1.00 bits per heavy atom. The van der Waals surface area contributed by atoms with Gasteiger partial charge in [-0.3, -0.25) is 4.79 Å². The molecule has 7 heteroatoms. The van der Waals surface area contributed by atoms with Gasteiger partial charge in [0.25, 0.3) is 5.91 Å². The molecule has 1 saturated carbocycles. The number of nitrogens with one attached hydrogen (secondary N) is 2. The van der Waals surface area contributed by atoms with Crippen molar-refractivity contribution in [2.75, 3.05) is 30.9 Å². The van der Waals surface area contributed by atoms with Crippen molar-refractivity contribution in [2.24, 2.45) is 0 Å². The number of nitrogens with zero attached hydrogens (tertiary/aromatic N) is 3. The van der Waals surface area contributed by atoms with E-state index in [1.807, 2.05) is 43.3 Å². The standard InChI is InChI=1S/C29H37N5O2/c1-4-36-25-18-13-19-9-5-6-10-22(19)26(25)28(35)30-20-14-16-21(17-15-20)31-29-32-24-12-8-7-11-23(24)27(33-29)34(2)3/h5-6,9-10,13,18,20-21H,4,7-8,11-12,14-17H2,1-3H3,(H,30,35)(H,31,32,33)/t20-,21+. The molecule has 0 saturated heterocycles. The fourth-order valence-electron chi connectivity index (χ4n) is 5.59. The molecule has 0 unspecified atom stereocenters. The average molecular weight is 488 g/mol. The van der Waals surface area contributed by atoms with Gasteiger partial charge in [0.1, 0.15) is 11.6 Å². The van der Waals surface area contributed by atoms with Gasteiger partial charge in [-0.1, -0.05) is 30.3 Å². The summed E-state index contributed by atoms with van der Waals surface area (Å²) >= 11 is 0. The SMILES string of the molecule is CCOc1ccc2ccccc2c1C(=O)N[C@H]1CC[C@@H](Nc2nc3c(c(N(C)C)n2)CCCC3)CC1. The van der Waals surface area contributed by atoms with Crippen LogP contribution in [0.2, 0.25) is 0 Å². The summed E-state index contributed by atoms with van der Waals surface area (Å²) in [6.07, 6.45) is 8.29. The number of fused-ring (bicyclic) bond motifs is 2. The lowest BCUT2D eigenvalue weighted by Crippen LogP contribution is -2.40. The van der Waals surface area contributed by atoms with Crippen LogP contribution in [0.1, 0.15) is 67.1 Å². The van der Waals surface area contributed by atoms with Crippen molar-refractivity contribution >= 4 is 28.4 Å². The van der Waals surface area contributed by atoms with Gasteiger partial charge in [-0.05, 0) is 75.1 Å². The summed E-state index contributed by atoms with van der Waals surface area (Å²) in [5, 5.41) is 8.86. The van der Waals surface area contributed by atoms with Crippen LogP contribution in [-0.4, -0.2) is 48.7 Å². The van der Waals surface area contributed by atoms with E-state index in [4.69, 9.17) is 14.7 Å². The first-order chi connectivity index (χ1) is 17.5. The number of ether oxygens (including phenoxy) is 1. The molecular weight excluding hydrogens is 450 g/mol. The van der Waals surface area contributed by atoms with Gasteiger partial charge >= 0.3 is 0 Å². The quantitative estimate of drug-likeness (QED) is 0.481. The minimum Gasteiger partial charge on any atom is -0.493 e. The molecule has 0 spiro atoms. The Morgan fingerprint density at radius 3 is 2.53 bits per heavy atom. The Morgan fingerprint density at radius 2 is 1.75 bits per heavy atom. The van der Waals surface area contributed by atoms with Crippen LogP contribution in [0, 0.1) is 0 Å². The highest BCUT2D eigenvalue weighted by molar-refractivity contribution is 6.09. The van der Waals surface area contributed by atoms with Crippen molar-refractivity contribution < 1.29 is 9.53 Å². The van der Waals surface area contributed by atoms with E-state index < -0.39 is 0 Å². The summed E-state index contributed by atoms with van der Waals surface area (Å²) in [6, 6.07) is 12.4. The summed E-state index contributed by atoms with van der Waals surface area (Å²) in [7, 11) is 4.11. The van der Waals surface area contributed by atoms with Crippen LogP contribution in [0.15, 0.2) is 36.4 Å². The zero-order valence-corrected chi connectivity index (χ0v) is 21.6. The number of rotatable bonds is 7. The van der Waals surface area contributed by atoms with Gasteiger partial charge in [-0.2, -0.15) is 4.98 Å². The van der Waals surface area contributed by atoms with Crippen LogP contribution < -0.4 is 20.3 Å². The van der Waals surface area contributed by atoms with E-state index >= 15 is 0 Å². The number of amides is 1. The molecule has 190 valence electrons. The third kappa shape index (κ3) is 5.11. The fourth-order valence-corrected chi connectivity index (χ4v) is 5.59. The first-order valence-electron chi connectivity index (χ1n) is 13.3. The molecule has 2 aliphatic carbocycles. The Balaban J connectivity index is 1.24. The average Bonchev–Trinajstić information content (AvgIpc) is 2.89. The van der Waals surface area contributed by atoms with Gasteiger partial charge < -0.3 is 20.3 Å². The Labute approximate surface area is 213 Å². The number of aryl methyl sites for hydroxylation is 1. The van der Waals surface area contributed by atoms with Gasteiger partial charge in [0.05, 0.1) is 17.9 Å². The van der Waals surface area contributed by atoms with Gasteiger partial charge in [-0.25, -0.2) is 4.98 Å². The number of carbonyl (C=O) groups is 1. The van der Waals surface area contributed by atoms with E-state index in [9.17, 15) is 4.79 Å². The largest absolute Gasteiger partial charge is 0.493 e. The minimum absolute atomic E-state index is 0.0553. The summed E-state index contributed by atoms with van der Waals surface area (Å²) < 4.78 is 5.82. The zero-order valence-electron chi connectivity index (χ0n) is 21.6. The third-order valence-electron chi connectivity index (χ3n) is 7.40. The molecule has 5 rings (SSSR count). The molecule has 36 heavy (non-hydrogen) atoms. The van der Waals surface area contributed by atoms with Crippen LogP contribution in [0.3, 0.4) is 0 Å². The van der Waals surface area contributed by atoms with Crippen molar-refractivity contribution in [1.29, 1.82) is 0 Å². The van der Waals surface area contributed by atoms with Crippen molar-refractivity contribution in [3.8, 4) is 5.75 Å². The number of carbonyl (C=O) groups excluding carboxylic acids is 1. The summed E-state index contributed by atoms with van der Waals surface area (Å²) in [5.74, 6) is 2.37. The molecule has 2 N–H and O–H groups in total. The Kier molecular flexibility index (Phi) is 7.25. The minimum atomic E-state index is -0.0553. The lowest BCUT2D eigenvalue weighted by molar-refractivity contribution is 0.0924. The zero-order chi connectivity index (χ0) is 25.1. The summed E-state index contributed by atoms with van der Waals surface area (Å²) in [4.78, 5) is 25.2. The first kappa shape index (κ1) is 24.3. The van der Waals surface area contributed by atoms with E-state index in [1.54, 1.807) is 0 Å². The van der Waals surface area contributed by atoms with E-state index in [2.05, 4.69) is 29.6 Å². The lowest BCUT2D eigenvalue weighted by Gasteiger charge is -2.30. The van der Waals surface area contributed by atoms with Crippen LogP contribution in [0.5, 0.6) is 5.75 Å². The molecule has 1 fully saturated rings. The molecular formula is C29H37N5O2. The molecule has 7 nitrogen and oxygen atoms in total. The van der Waals surface area contributed by atoms with Gasteiger partial charge in [0, 0.05) is 31.7 Å². The van der Waals surface area contributed by atoms with Crippen molar-refractivity contribution in [2.45, 2.75) is 70.4 Å². The lowest BCUT2D eigenvalue weighted by atomic mass is 9.90. The monoisotopic (exact) mass is 487 g/mol. The molecule has 2 aromatic carbocycles. The van der Waals surface area contributed by atoms with Crippen LogP contribution in [-0.2, 0) is 12.8 Å². The van der Waals surface area contributed by atoms with E-state index in [1.165, 1.54) is 24.1 Å². The Hall–Kier alpha value is -3.35. The van der Waals surface area contributed by atoms with Gasteiger partial charge in [0.15, 0.2) is 0 Å². The topological polar surface area (TPSA) is 79.4 Å². The van der Waals surface area contributed by atoms with E-state index in [0.717, 1.165) is 61.1 Å². The molecule has 1 aromatic heterocycles. The summed E-state index contributed by atoms with van der Waals surface area (Å²) in [5.41, 5.74) is 3.14. The second-order valence-corrected chi connectivity index (χ2v) is 10.2. The summed E-state index contributed by atoms with van der Waals surface area (Å²) in [6.45, 7) is 2.47. The number of benzene rings is 2. The second-order valence-electron chi connectivity index (χ2n) is 10.2. The van der Waals surface area contributed by atoms with Crippen LogP contribution in [0.4, 0.5) is 11.8 Å². The number of hydrogen-bond donors (Lipinski definition) is 2. The molecule has 1 amide bonds. The molecule has 1 heterocycles.